The van der Waals surface area contributed by atoms with Crippen LogP contribution in [0.5, 0.6) is 5.75 Å². The summed E-state index contributed by atoms with van der Waals surface area (Å²) in [4.78, 5) is 2.41. The summed E-state index contributed by atoms with van der Waals surface area (Å²) in [7, 11) is 0. The summed E-state index contributed by atoms with van der Waals surface area (Å²) in [6.45, 7) is 3.19. The molecule has 0 aromatic heterocycles. The molecule has 0 aliphatic carbocycles. The first-order valence-corrected chi connectivity index (χ1v) is 6.26. The molecule has 1 fully saturated rings. The smallest absolute Gasteiger partial charge is 0.120 e. The topological polar surface area (TPSA) is 23.5 Å². The molecule has 1 aliphatic heterocycles. The van der Waals surface area contributed by atoms with E-state index in [1.165, 1.54) is 18.2 Å². The average molecular weight is 227 g/mol. The predicted octanol–water partition coefficient (Wildman–Crippen LogP) is 3.14. The molecular weight excluding hydrogens is 210 g/mol. The van der Waals surface area contributed by atoms with Crippen molar-refractivity contribution in [3.05, 3.63) is 42.0 Å². The summed E-state index contributed by atoms with van der Waals surface area (Å²) >= 11 is 0. The normalized spacial score (nSPS) is 16.7. The molecule has 1 N–H and O–H groups in total. The first kappa shape index (κ1) is 10.6. The molecule has 17 heavy (non-hydrogen) atoms. The minimum absolute atomic E-state index is 0.426. The Labute approximate surface area is 101 Å². The van der Waals surface area contributed by atoms with E-state index in [1.807, 2.05) is 24.3 Å². The fourth-order valence-electron chi connectivity index (χ4n) is 2.58. The lowest BCUT2D eigenvalue weighted by Gasteiger charge is -2.16. The summed E-state index contributed by atoms with van der Waals surface area (Å²) in [5.41, 5.74) is 1.05. The largest absolute Gasteiger partial charge is 0.508 e. The van der Waals surface area contributed by atoms with Crippen molar-refractivity contribution in [2.45, 2.75) is 19.4 Å². The fraction of sp³-hybridized carbons (Fsp3) is 0.333. The highest BCUT2D eigenvalue weighted by Crippen LogP contribution is 2.26. The van der Waals surface area contributed by atoms with E-state index < -0.39 is 0 Å². The Morgan fingerprint density at radius 3 is 2.35 bits per heavy atom. The van der Waals surface area contributed by atoms with Gasteiger partial charge in [-0.3, -0.25) is 4.90 Å². The number of hydrogen-bond acceptors (Lipinski definition) is 2. The lowest BCUT2D eigenvalue weighted by molar-refractivity contribution is 0.324. The van der Waals surface area contributed by atoms with Crippen molar-refractivity contribution < 1.29 is 5.11 Å². The van der Waals surface area contributed by atoms with Crippen molar-refractivity contribution in [1.82, 2.24) is 4.90 Å². The number of rotatable bonds is 2. The molecule has 88 valence electrons. The number of benzene rings is 2. The van der Waals surface area contributed by atoms with Crippen LogP contribution in [0.15, 0.2) is 36.4 Å². The summed E-state index contributed by atoms with van der Waals surface area (Å²) in [5.74, 6) is 0.426. The molecule has 0 radical (unpaired) electrons. The molecule has 0 amide bonds. The third-order valence-corrected chi connectivity index (χ3v) is 3.54. The molecular formula is C15H17NO. The van der Waals surface area contributed by atoms with Gasteiger partial charge in [-0.2, -0.15) is 0 Å². The number of phenols is 1. The van der Waals surface area contributed by atoms with Crippen molar-refractivity contribution >= 4 is 10.8 Å². The molecule has 0 atom stereocenters. The van der Waals surface area contributed by atoms with E-state index in [1.54, 1.807) is 0 Å². The monoisotopic (exact) mass is 227 g/mol. The van der Waals surface area contributed by atoms with Crippen LogP contribution in [0.2, 0.25) is 0 Å². The van der Waals surface area contributed by atoms with Crippen molar-refractivity contribution in [3.8, 4) is 5.75 Å². The predicted molar refractivity (Wildman–Crippen MR) is 70.1 cm³/mol. The van der Waals surface area contributed by atoms with Crippen molar-refractivity contribution in [2.24, 2.45) is 0 Å². The molecule has 1 heterocycles. The van der Waals surface area contributed by atoms with Gasteiger partial charge in [-0.1, -0.05) is 24.3 Å². The number of likely N-dealkylation sites (tertiary alicyclic amines) is 1. The molecule has 2 nitrogen and oxygen atoms in total. The van der Waals surface area contributed by atoms with Gasteiger partial charge in [0.05, 0.1) is 0 Å². The second kappa shape index (κ2) is 4.38. The quantitative estimate of drug-likeness (QED) is 0.852. The first-order valence-electron chi connectivity index (χ1n) is 6.26. The highest BCUT2D eigenvalue weighted by Gasteiger charge is 2.14. The summed E-state index contributed by atoms with van der Waals surface area (Å²) in [6, 6.07) is 12.2. The third kappa shape index (κ3) is 2.13. The van der Waals surface area contributed by atoms with Crippen LogP contribution in [0.4, 0.5) is 0 Å². The maximum absolute atomic E-state index is 10.0. The molecule has 0 bridgehead atoms. The maximum Gasteiger partial charge on any atom is 0.120 e. The highest BCUT2D eigenvalue weighted by molar-refractivity contribution is 5.84. The van der Waals surface area contributed by atoms with Crippen molar-refractivity contribution in [1.29, 1.82) is 0 Å². The van der Waals surface area contributed by atoms with Crippen LogP contribution in [-0.2, 0) is 6.54 Å². The molecule has 1 saturated heterocycles. The lowest BCUT2D eigenvalue weighted by Crippen LogP contribution is -2.18. The molecule has 0 saturated carbocycles. The number of fused-ring (bicyclic) bond motifs is 1. The van der Waals surface area contributed by atoms with Gasteiger partial charge in [-0.25, -0.2) is 0 Å². The first-order chi connectivity index (χ1) is 8.33. The highest BCUT2D eigenvalue weighted by atomic mass is 16.3. The third-order valence-electron chi connectivity index (χ3n) is 3.54. The molecule has 1 aliphatic rings. The molecule has 0 spiro atoms. The number of aromatic hydroxyl groups is 1. The lowest BCUT2D eigenvalue weighted by atomic mass is 10.1. The van der Waals surface area contributed by atoms with E-state index in [-0.39, 0.29) is 0 Å². The van der Waals surface area contributed by atoms with Crippen molar-refractivity contribution in [3.63, 3.8) is 0 Å². The number of hydrogen-bond donors (Lipinski definition) is 1. The molecule has 0 unspecified atom stereocenters. The van der Waals surface area contributed by atoms with Crippen LogP contribution >= 0.6 is 0 Å². The van der Waals surface area contributed by atoms with Crippen LogP contribution in [-0.4, -0.2) is 23.1 Å². The fourth-order valence-corrected chi connectivity index (χ4v) is 2.58. The van der Waals surface area contributed by atoms with Gasteiger partial charge in [0.25, 0.3) is 0 Å². The maximum atomic E-state index is 10.0. The van der Waals surface area contributed by atoms with Gasteiger partial charge >= 0.3 is 0 Å². The van der Waals surface area contributed by atoms with E-state index in [0.29, 0.717) is 5.75 Å². The van der Waals surface area contributed by atoms with Gasteiger partial charge in [-0.15, -0.1) is 0 Å². The zero-order chi connectivity index (χ0) is 11.7. The summed E-state index contributed by atoms with van der Waals surface area (Å²) < 4.78 is 0. The van der Waals surface area contributed by atoms with Gasteiger partial charge in [0, 0.05) is 12.1 Å². The number of phenolic OH excluding ortho intramolecular Hbond substituents is 1. The van der Waals surface area contributed by atoms with E-state index in [9.17, 15) is 5.11 Å². The Bertz CT molecular complexity index is 529. The molecule has 2 heteroatoms. The van der Waals surface area contributed by atoms with E-state index >= 15 is 0 Å². The van der Waals surface area contributed by atoms with Crippen LogP contribution < -0.4 is 0 Å². The second-order valence-corrected chi connectivity index (χ2v) is 4.81. The molecule has 3 rings (SSSR count). The Hall–Kier alpha value is -1.54. The zero-order valence-electron chi connectivity index (χ0n) is 9.89. The Kier molecular flexibility index (Phi) is 2.73. The summed E-state index contributed by atoms with van der Waals surface area (Å²) in [5, 5.41) is 12.4. The Morgan fingerprint density at radius 1 is 1.00 bits per heavy atom. The van der Waals surface area contributed by atoms with Crippen LogP contribution in [0.25, 0.3) is 10.8 Å². The standard InChI is InChI=1S/C15H17NO/c17-15-10-13-6-2-1-5-12(13)9-14(15)11-16-7-3-4-8-16/h1-2,5-6,9-10,17H,3-4,7-8,11H2. The number of nitrogens with zero attached hydrogens (tertiary/aromatic N) is 1. The van der Waals surface area contributed by atoms with E-state index in [0.717, 1.165) is 30.6 Å². The van der Waals surface area contributed by atoms with Gasteiger partial charge in [0.1, 0.15) is 5.75 Å². The Balaban J connectivity index is 1.95. The van der Waals surface area contributed by atoms with Gasteiger partial charge in [-0.05, 0) is 48.8 Å². The zero-order valence-corrected chi connectivity index (χ0v) is 9.89. The van der Waals surface area contributed by atoms with Crippen LogP contribution in [0.1, 0.15) is 18.4 Å². The van der Waals surface area contributed by atoms with Gasteiger partial charge in [0.15, 0.2) is 0 Å². The van der Waals surface area contributed by atoms with Crippen LogP contribution in [0, 0.1) is 0 Å². The minimum atomic E-state index is 0.426. The second-order valence-electron chi connectivity index (χ2n) is 4.81. The SMILES string of the molecule is Oc1cc2ccccc2cc1CN1CCCC1. The summed E-state index contributed by atoms with van der Waals surface area (Å²) in [6.07, 6.45) is 2.57. The van der Waals surface area contributed by atoms with E-state index in [4.69, 9.17) is 0 Å². The molecule has 2 aromatic carbocycles. The van der Waals surface area contributed by atoms with Gasteiger partial charge < -0.3 is 5.11 Å². The minimum Gasteiger partial charge on any atom is -0.508 e. The van der Waals surface area contributed by atoms with Gasteiger partial charge in [0.2, 0.25) is 0 Å². The van der Waals surface area contributed by atoms with Crippen LogP contribution in [0.3, 0.4) is 0 Å². The van der Waals surface area contributed by atoms with E-state index in [2.05, 4.69) is 17.0 Å². The Morgan fingerprint density at radius 2 is 1.65 bits per heavy atom. The molecule has 2 aromatic rings. The average Bonchev–Trinajstić information content (AvgIpc) is 2.83. The van der Waals surface area contributed by atoms with Crippen molar-refractivity contribution in [2.75, 3.05) is 13.1 Å².